The van der Waals surface area contributed by atoms with Gasteiger partial charge in [-0.15, -0.1) is 0 Å². The maximum atomic E-state index is 13.3. The van der Waals surface area contributed by atoms with Gasteiger partial charge in [-0.25, -0.2) is 0 Å². The Labute approximate surface area is 207 Å². The van der Waals surface area contributed by atoms with Gasteiger partial charge in [-0.2, -0.15) is 0 Å². The van der Waals surface area contributed by atoms with Gasteiger partial charge < -0.3 is 10.1 Å². The van der Waals surface area contributed by atoms with E-state index in [9.17, 15) is 9.59 Å². The van der Waals surface area contributed by atoms with Crippen molar-refractivity contribution in [3.63, 3.8) is 0 Å². The van der Waals surface area contributed by atoms with Gasteiger partial charge in [-0.1, -0.05) is 60.7 Å². The van der Waals surface area contributed by atoms with Gasteiger partial charge in [0, 0.05) is 22.7 Å². The van der Waals surface area contributed by atoms with E-state index in [-0.39, 0.29) is 17.5 Å². The molecule has 0 saturated heterocycles. The molecule has 0 bridgehead atoms. The van der Waals surface area contributed by atoms with Gasteiger partial charge >= 0.3 is 5.97 Å². The largest absolute Gasteiger partial charge is 0.460 e. The molecule has 178 valence electrons. The molecule has 2 aromatic carbocycles. The number of carbonyl (C=O) groups excluding carboxylic acids is 2. The van der Waals surface area contributed by atoms with E-state index in [1.165, 1.54) is 26.2 Å². The number of nitrogens with one attached hydrogen (secondary N) is 1. The zero-order valence-electron chi connectivity index (χ0n) is 19.8. The van der Waals surface area contributed by atoms with Crippen LogP contribution in [0, 0.1) is 5.92 Å². The summed E-state index contributed by atoms with van der Waals surface area (Å²) in [4.78, 5) is 23.5. The van der Waals surface area contributed by atoms with Crippen molar-refractivity contribution in [1.82, 2.24) is 0 Å². The summed E-state index contributed by atoms with van der Waals surface area (Å²) in [5, 5.41) is 4.47. The Morgan fingerprint density at radius 1 is 1.06 bits per heavy atom. The fraction of sp³-hybridized carbons (Fsp3) is 0.481. The molecule has 0 spiro atoms. The van der Waals surface area contributed by atoms with Crippen molar-refractivity contribution >= 4 is 40.8 Å². The summed E-state index contributed by atoms with van der Waals surface area (Å²) in [5.41, 5.74) is 2.21. The van der Waals surface area contributed by atoms with E-state index >= 15 is 0 Å². The number of ether oxygens (including phenoxy) is 1. The molecule has 0 aromatic heterocycles. The number of esters is 1. The highest BCUT2D eigenvalue weighted by Crippen LogP contribution is 2.50. The molecule has 1 unspecified atom stereocenters. The number of benzene rings is 2. The molecule has 1 amide bonds. The van der Waals surface area contributed by atoms with E-state index < -0.39 is 5.41 Å². The SMILES string of the molecule is CC(=O)OC(C)(C)C.O=C1Nc2cc(Cl)ccc2C1(Cc1cccc(Cl)c1)C1CCCCC1. The average molecular weight is 490 g/mol. The lowest BCUT2D eigenvalue weighted by molar-refractivity contribution is -0.151. The molecule has 1 saturated carbocycles. The Morgan fingerprint density at radius 2 is 1.73 bits per heavy atom. The fourth-order valence-electron chi connectivity index (χ4n) is 5.09. The van der Waals surface area contributed by atoms with Crippen LogP contribution in [0.15, 0.2) is 42.5 Å². The van der Waals surface area contributed by atoms with Crippen LogP contribution in [-0.2, 0) is 26.2 Å². The standard InChI is InChI=1S/C21H21Cl2NO.C6H12O2/c22-16-8-4-5-14(11-16)13-21(15-6-2-1-3-7-15)18-10-9-17(23)12-19(18)24-20(21)25;1-5(7)8-6(2,3)4/h4-5,8-12,15H,1-3,6-7,13H2,(H,24,25);1-4H3. The van der Waals surface area contributed by atoms with E-state index in [4.69, 9.17) is 27.9 Å². The third-order valence-electron chi connectivity index (χ3n) is 6.24. The van der Waals surface area contributed by atoms with Crippen LogP contribution in [0.4, 0.5) is 5.69 Å². The molecule has 1 aliphatic carbocycles. The molecule has 1 heterocycles. The Balaban J connectivity index is 0.000000331. The van der Waals surface area contributed by atoms with Gasteiger partial charge in [-0.3, -0.25) is 9.59 Å². The summed E-state index contributed by atoms with van der Waals surface area (Å²) < 4.78 is 4.80. The number of carbonyl (C=O) groups is 2. The maximum Gasteiger partial charge on any atom is 0.303 e. The van der Waals surface area contributed by atoms with Gasteiger partial charge in [0.1, 0.15) is 5.60 Å². The second kappa shape index (κ2) is 10.5. The molecule has 0 radical (unpaired) electrons. The Hall–Kier alpha value is -2.04. The molecule has 1 fully saturated rings. The van der Waals surface area contributed by atoms with Gasteiger partial charge in [0.2, 0.25) is 5.91 Å². The molecule has 4 rings (SSSR count). The van der Waals surface area contributed by atoms with Crippen molar-refractivity contribution in [1.29, 1.82) is 0 Å². The third-order valence-corrected chi connectivity index (χ3v) is 6.71. The first-order valence-electron chi connectivity index (χ1n) is 11.6. The van der Waals surface area contributed by atoms with Gasteiger partial charge in [-0.05, 0) is 81.3 Å². The number of hydrogen-bond acceptors (Lipinski definition) is 3. The summed E-state index contributed by atoms with van der Waals surface area (Å²) in [6.07, 6.45) is 6.51. The van der Waals surface area contributed by atoms with Crippen molar-refractivity contribution in [3.05, 3.63) is 63.6 Å². The lowest BCUT2D eigenvalue weighted by Gasteiger charge is -2.38. The highest BCUT2D eigenvalue weighted by molar-refractivity contribution is 6.31. The van der Waals surface area contributed by atoms with Crippen LogP contribution >= 0.6 is 23.2 Å². The number of rotatable bonds is 3. The number of hydrogen-bond donors (Lipinski definition) is 1. The summed E-state index contributed by atoms with van der Waals surface area (Å²) in [6.45, 7) is 6.93. The first kappa shape index (κ1) is 25.6. The second-order valence-electron chi connectivity index (χ2n) is 9.96. The molecular weight excluding hydrogens is 457 g/mol. The van der Waals surface area contributed by atoms with Crippen LogP contribution in [0.25, 0.3) is 0 Å². The first-order chi connectivity index (χ1) is 15.5. The van der Waals surface area contributed by atoms with E-state index in [1.54, 1.807) is 0 Å². The zero-order chi connectivity index (χ0) is 24.2. The monoisotopic (exact) mass is 489 g/mol. The van der Waals surface area contributed by atoms with Gasteiger partial charge in [0.05, 0.1) is 5.41 Å². The zero-order valence-corrected chi connectivity index (χ0v) is 21.4. The Bertz CT molecular complexity index is 1010. The molecule has 1 aliphatic heterocycles. The molecular formula is C27H33Cl2NO3. The predicted molar refractivity (Wildman–Crippen MR) is 135 cm³/mol. The van der Waals surface area contributed by atoms with Crippen molar-refractivity contribution in [3.8, 4) is 0 Å². The second-order valence-corrected chi connectivity index (χ2v) is 10.8. The quantitative estimate of drug-likeness (QED) is 0.458. The van der Waals surface area contributed by atoms with Crippen molar-refractivity contribution < 1.29 is 14.3 Å². The fourth-order valence-corrected chi connectivity index (χ4v) is 5.47. The minimum Gasteiger partial charge on any atom is -0.460 e. The average Bonchev–Trinajstić information content (AvgIpc) is 2.98. The minimum absolute atomic E-state index is 0.108. The Morgan fingerprint density at radius 3 is 2.30 bits per heavy atom. The molecule has 2 aliphatic rings. The third kappa shape index (κ3) is 6.30. The van der Waals surface area contributed by atoms with Crippen LogP contribution in [0.5, 0.6) is 0 Å². The predicted octanol–water partition coefficient (Wildman–Crippen LogP) is 7.35. The summed E-state index contributed by atoms with van der Waals surface area (Å²) in [6, 6.07) is 13.7. The highest BCUT2D eigenvalue weighted by atomic mass is 35.5. The van der Waals surface area contributed by atoms with E-state index in [1.807, 2.05) is 57.2 Å². The highest BCUT2D eigenvalue weighted by Gasteiger charge is 2.52. The van der Waals surface area contributed by atoms with Crippen molar-refractivity contribution in [2.24, 2.45) is 5.92 Å². The summed E-state index contributed by atoms with van der Waals surface area (Å²) in [7, 11) is 0. The molecule has 6 heteroatoms. The lowest BCUT2D eigenvalue weighted by atomic mass is 9.63. The van der Waals surface area contributed by atoms with Crippen LogP contribution in [0.1, 0.15) is 70.9 Å². The Kier molecular flexibility index (Phi) is 8.13. The number of amides is 1. The van der Waals surface area contributed by atoms with E-state index in [2.05, 4.69) is 11.4 Å². The molecule has 2 aromatic rings. The minimum atomic E-state index is -0.523. The van der Waals surface area contributed by atoms with Crippen molar-refractivity contribution in [2.45, 2.75) is 77.2 Å². The smallest absolute Gasteiger partial charge is 0.303 e. The topological polar surface area (TPSA) is 55.4 Å². The number of fused-ring (bicyclic) bond motifs is 1. The number of anilines is 1. The van der Waals surface area contributed by atoms with E-state index in [0.717, 1.165) is 29.7 Å². The molecule has 4 nitrogen and oxygen atoms in total. The van der Waals surface area contributed by atoms with Crippen LogP contribution < -0.4 is 5.32 Å². The lowest BCUT2D eigenvalue weighted by Crippen LogP contribution is -2.44. The van der Waals surface area contributed by atoms with Crippen LogP contribution in [0.3, 0.4) is 0 Å². The normalized spacial score (nSPS) is 20.4. The number of halogens is 2. The van der Waals surface area contributed by atoms with Crippen LogP contribution in [0.2, 0.25) is 10.0 Å². The van der Waals surface area contributed by atoms with Crippen LogP contribution in [-0.4, -0.2) is 17.5 Å². The summed E-state index contributed by atoms with van der Waals surface area (Å²) in [5.74, 6) is 0.233. The van der Waals surface area contributed by atoms with Crippen molar-refractivity contribution in [2.75, 3.05) is 5.32 Å². The molecule has 1 atom stereocenters. The first-order valence-corrected chi connectivity index (χ1v) is 12.3. The van der Waals surface area contributed by atoms with Gasteiger partial charge in [0.15, 0.2) is 0 Å². The maximum absolute atomic E-state index is 13.3. The van der Waals surface area contributed by atoms with Gasteiger partial charge in [0.25, 0.3) is 0 Å². The van der Waals surface area contributed by atoms with E-state index in [0.29, 0.717) is 22.4 Å². The molecule has 33 heavy (non-hydrogen) atoms. The summed E-state index contributed by atoms with van der Waals surface area (Å²) >= 11 is 12.4. The molecule has 1 N–H and O–H groups in total.